The van der Waals surface area contributed by atoms with Crippen molar-refractivity contribution in [1.82, 2.24) is 0 Å². The largest absolute Gasteiger partial charge is 0.493 e. The molecule has 0 fully saturated rings. The van der Waals surface area contributed by atoms with Crippen LogP contribution >= 0.6 is 0 Å². The molecule has 0 saturated carbocycles. The number of carbonyl (C=O) groups excluding carboxylic acids is 2. The SMILES string of the molecule is C=CC(=O)OCCCCCCCCCCCCOc1cc(OCCCCCCCCCCCCO)cc(OCCCCCCCCCCCCOC(=O)C=C)c1. The summed E-state index contributed by atoms with van der Waals surface area (Å²) in [5.74, 6) is 1.83. The van der Waals surface area contributed by atoms with Crippen LogP contribution in [0.4, 0.5) is 0 Å². The van der Waals surface area contributed by atoms with Crippen molar-refractivity contribution in [2.75, 3.05) is 39.6 Å². The first-order valence-electron chi connectivity index (χ1n) is 22.8. The van der Waals surface area contributed by atoms with E-state index >= 15 is 0 Å². The highest BCUT2D eigenvalue weighted by atomic mass is 16.5. The number of aliphatic hydroxyl groups excluding tert-OH is 1. The molecule has 56 heavy (non-hydrogen) atoms. The van der Waals surface area contributed by atoms with Crippen LogP contribution in [-0.2, 0) is 19.1 Å². The number of carbonyl (C=O) groups is 2. The standard InChI is InChI=1S/C48H82O8/c1-3-47(50)55-39-33-27-21-15-9-7-13-19-25-31-37-53-45-41-44(52-36-30-24-18-12-6-5-11-17-23-29-35-49)42-46(43-45)54-38-32-26-20-14-8-10-16-22-28-34-40-56-48(51)4-2/h3-4,41-43,49H,1-2,5-40H2. The highest BCUT2D eigenvalue weighted by Gasteiger charge is 2.06. The molecule has 0 spiro atoms. The van der Waals surface area contributed by atoms with Crippen molar-refractivity contribution >= 4 is 11.9 Å². The van der Waals surface area contributed by atoms with Crippen molar-refractivity contribution in [3.63, 3.8) is 0 Å². The van der Waals surface area contributed by atoms with E-state index in [1.807, 2.05) is 18.2 Å². The maximum atomic E-state index is 11.1. The quantitative estimate of drug-likeness (QED) is 0.0397. The number of hydrogen-bond donors (Lipinski definition) is 1. The Bertz CT molecular complexity index is 1010. The van der Waals surface area contributed by atoms with Crippen molar-refractivity contribution in [2.24, 2.45) is 0 Å². The van der Waals surface area contributed by atoms with E-state index < -0.39 is 0 Å². The molecule has 0 aromatic heterocycles. The smallest absolute Gasteiger partial charge is 0.330 e. The average molecular weight is 787 g/mol. The monoisotopic (exact) mass is 787 g/mol. The Morgan fingerprint density at radius 2 is 0.589 bits per heavy atom. The van der Waals surface area contributed by atoms with E-state index in [0.717, 1.165) is 75.0 Å². The molecular formula is C48H82O8. The van der Waals surface area contributed by atoms with Crippen molar-refractivity contribution < 1.29 is 38.4 Å². The molecule has 0 bridgehead atoms. The summed E-state index contributed by atoms with van der Waals surface area (Å²) in [7, 11) is 0. The van der Waals surface area contributed by atoms with E-state index in [0.29, 0.717) is 39.6 Å². The third-order valence-corrected chi connectivity index (χ3v) is 10.1. The summed E-state index contributed by atoms with van der Waals surface area (Å²) in [6.07, 6.45) is 37.9. The third-order valence-electron chi connectivity index (χ3n) is 10.1. The van der Waals surface area contributed by atoms with E-state index in [1.54, 1.807) is 0 Å². The number of aliphatic hydroxyl groups is 1. The molecule has 8 nitrogen and oxygen atoms in total. The molecule has 0 unspecified atom stereocenters. The fourth-order valence-corrected chi connectivity index (χ4v) is 6.69. The lowest BCUT2D eigenvalue weighted by Gasteiger charge is -2.13. The number of esters is 2. The van der Waals surface area contributed by atoms with Crippen LogP contribution < -0.4 is 14.2 Å². The Labute approximate surface area is 342 Å². The van der Waals surface area contributed by atoms with Gasteiger partial charge in [-0.05, 0) is 38.5 Å². The van der Waals surface area contributed by atoms with Gasteiger partial charge in [-0.1, -0.05) is 167 Å². The Morgan fingerprint density at radius 1 is 0.375 bits per heavy atom. The number of hydrogen-bond acceptors (Lipinski definition) is 8. The van der Waals surface area contributed by atoms with Crippen LogP contribution in [0.15, 0.2) is 43.5 Å². The summed E-state index contributed by atoms with van der Waals surface area (Å²) in [4.78, 5) is 22.1. The van der Waals surface area contributed by atoms with Gasteiger partial charge in [0.05, 0.1) is 33.0 Å². The van der Waals surface area contributed by atoms with Crippen molar-refractivity contribution in [2.45, 2.75) is 193 Å². The van der Waals surface area contributed by atoms with Crippen molar-refractivity contribution in [3.05, 3.63) is 43.5 Å². The number of rotatable bonds is 43. The lowest BCUT2D eigenvalue weighted by atomic mass is 10.1. The molecule has 0 saturated heterocycles. The van der Waals surface area contributed by atoms with Gasteiger partial charge in [-0.2, -0.15) is 0 Å². The third kappa shape index (κ3) is 34.3. The van der Waals surface area contributed by atoms with Crippen LogP contribution in [0.3, 0.4) is 0 Å². The van der Waals surface area contributed by atoms with Crippen LogP contribution in [0.5, 0.6) is 17.2 Å². The van der Waals surface area contributed by atoms with E-state index in [-0.39, 0.29) is 11.9 Å². The molecule has 322 valence electrons. The molecule has 1 aromatic carbocycles. The normalized spacial score (nSPS) is 10.9. The predicted molar refractivity (Wildman–Crippen MR) is 231 cm³/mol. The molecule has 0 amide bonds. The van der Waals surface area contributed by atoms with Gasteiger partial charge >= 0.3 is 11.9 Å². The molecule has 0 radical (unpaired) electrons. The molecule has 0 heterocycles. The Kier molecular flexibility index (Phi) is 36.6. The molecule has 1 rings (SSSR count). The zero-order valence-electron chi connectivity index (χ0n) is 35.6. The molecule has 1 N–H and O–H groups in total. The maximum absolute atomic E-state index is 11.1. The topological polar surface area (TPSA) is 101 Å². The zero-order chi connectivity index (χ0) is 40.4. The highest BCUT2D eigenvalue weighted by Crippen LogP contribution is 2.29. The first-order chi connectivity index (χ1) is 27.6. The van der Waals surface area contributed by atoms with Gasteiger partial charge in [-0.25, -0.2) is 9.59 Å². The van der Waals surface area contributed by atoms with Gasteiger partial charge in [-0.3, -0.25) is 0 Å². The molecular weight excluding hydrogens is 705 g/mol. The Morgan fingerprint density at radius 3 is 0.821 bits per heavy atom. The van der Waals surface area contributed by atoms with Gasteiger partial charge in [0.25, 0.3) is 0 Å². The zero-order valence-corrected chi connectivity index (χ0v) is 35.6. The second kappa shape index (κ2) is 40.2. The summed E-state index contributed by atoms with van der Waals surface area (Å²) >= 11 is 0. The predicted octanol–water partition coefficient (Wildman–Crippen LogP) is 13.0. The number of unbranched alkanes of at least 4 members (excludes halogenated alkanes) is 27. The lowest BCUT2D eigenvalue weighted by molar-refractivity contribution is -0.138. The summed E-state index contributed by atoms with van der Waals surface area (Å²) in [6, 6.07) is 6.05. The molecule has 0 aliphatic heterocycles. The van der Waals surface area contributed by atoms with Gasteiger partial charge in [0.2, 0.25) is 0 Å². The van der Waals surface area contributed by atoms with Gasteiger partial charge in [0.1, 0.15) is 17.2 Å². The second-order valence-corrected chi connectivity index (χ2v) is 15.3. The minimum Gasteiger partial charge on any atom is -0.493 e. The van der Waals surface area contributed by atoms with Crippen LogP contribution in [0, 0.1) is 0 Å². The molecule has 8 heteroatoms. The van der Waals surface area contributed by atoms with Crippen LogP contribution in [0.2, 0.25) is 0 Å². The molecule has 0 aliphatic rings. The van der Waals surface area contributed by atoms with E-state index in [9.17, 15) is 9.59 Å². The summed E-state index contributed by atoms with van der Waals surface area (Å²) in [5.41, 5.74) is 0. The fourth-order valence-electron chi connectivity index (χ4n) is 6.69. The summed E-state index contributed by atoms with van der Waals surface area (Å²) in [5, 5.41) is 8.91. The fraction of sp³-hybridized carbons (Fsp3) is 0.750. The van der Waals surface area contributed by atoms with Gasteiger partial charge in [0, 0.05) is 37.0 Å². The summed E-state index contributed by atoms with van der Waals surface area (Å²) in [6.45, 7) is 10.3. The molecule has 0 atom stereocenters. The maximum Gasteiger partial charge on any atom is 0.330 e. The second-order valence-electron chi connectivity index (χ2n) is 15.3. The van der Waals surface area contributed by atoms with Crippen molar-refractivity contribution in [1.29, 1.82) is 0 Å². The van der Waals surface area contributed by atoms with Gasteiger partial charge < -0.3 is 28.8 Å². The molecule has 0 aliphatic carbocycles. The van der Waals surface area contributed by atoms with Crippen molar-refractivity contribution in [3.8, 4) is 17.2 Å². The molecule has 1 aromatic rings. The Balaban J connectivity index is 2.29. The first-order valence-corrected chi connectivity index (χ1v) is 22.8. The minimum atomic E-state index is -0.329. The highest BCUT2D eigenvalue weighted by molar-refractivity contribution is 5.81. The lowest BCUT2D eigenvalue weighted by Crippen LogP contribution is -2.02. The van der Waals surface area contributed by atoms with E-state index in [4.69, 9.17) is 28.8 Å². The van der Waals surface area contributed by atoms with Crippen LogP contribution in [0.25, 0.3) is 0 Å². The Hall–Kier alpha value is -3.00. The van der Waals surface area contributed by atoms with Gasteiger partial charge in [0.15, 0.2) is 0 Å². The average Bonchev–Trinajstić information content (AvgIpc) is 3.21. The number of benzene rings is 1. The first kappa shape index (κ1) is 51.0. The minimum absolute atomic E-state index is 0.322. The van der Waals surface area contributed by atoms with E-state index in [2.05, 4.69) is 13.2 Å². The number of ether oxygens (including phenoxy) is 5. The van der Waals surface area contributed by atoms with Crippen LogP contribution in [-0.4, -0.2) is 56.7 Å². The van der Waals surface area contributed by atoms with E-state index in [1.165, 1.54) is 147 Å². The van der Waals surface area contributed by atoms with Crippen LogP contribution in [0.1, 0.15) is 193 Å². The summed E-state index contributed by atoms with van der Waals surface area (Å²) < 4.78 is 28.7. The van der Waals surface area contributed by atoms with Gasteiger partial charge in [-0.15, -0.1) is 0 Å².